The van der Waals surface area contributed by atoms with Crippen molar-refractivity contribution in [3.63, 3.8) is 0 Å². The molecule has 0 amide bonds. The third-order valence-corrected chi connectivity index (χ3v) is 12.0. The molecular formula is C24H33IO5. The molecule has 5 aliphatic carbocycles. The highest BCUT2D eigenvalue weighted by atomic mass is 127. The molecule has 0 aromatic heterocycles. The number of ether oxygens (including phenoxy) is 2. The fourth-order valence-electron chi connectivity index (χ4n) is 8.21. The number of carbonyl (C=O) groups excluding carboxylic acids is 2. The van der Waals surface area contributed by atoms with Gasteiger partial charge in [-0.1, -0.05) is 29.5 Å². The van der Waals surface area contributed by atoms with Crippen molar-refractivity contribution in [2.75, 3.05) is 0 Å². The summed E-state index contributed by atoms with van der Waals surface area (Å²) in [6.45, 7) is 7.83. The molecule has 6 aliphatic rings. The van der Waals surface area contributed by atoms with Crippen LogP contribution in [0, 0.1) is 40.4 Å². The number of esters is 1. The first-order valence-electron chi connectivity index (χ1n) is 11.7. The molecule has 0 radical (unpaired) electrons. The molecule has 5 nitrogen and oxygen atoms in total. The number of aliphatic hydroxyl groups is 1. The number of hydrogen-bond acceptors (Lipinski definition) is 5. The number of aliphatic hydroxyl groups excluding tert-OH is 1. The van der Waals surface area contributed by atoms with Crippen LogP contribution in [0.4, 0.5) is 0 Å². The molecule has 1 spiro atoms. The van der Waals surface area contributed by atoms with E-state index in [0.29, 0.717) is 30.0 Å². The highest BCUT2D eigenvalue weighted by Gasteiger charge is 2.82. The Morgan fingerprint density at radius 2 is 2.00 bits per heavy atom. The molecule has 30 heavy (non-hydrogen) atoms. The highest BCUT2D eigenvalue weighted by molar-refractivity contribution is 14.1. The van der Waals surface area contributed by atoms with Gasteiger partial charge >= 0.3 is 5.97 Å². The van der Waals surface area contributed by atoms with Crippen LogP contribution in [0.1, 0.15) is 66.2 Å². The van der Waals surface area contributed by atoms with Crippen LogP contribution in [-0.4, -0.2) is 44.2 Å². The molecule has 3 unspecified atom stereocenters. The molecule has 6 rings (SSSR count). The number of halogens is 1. The average molecular weight is 528 g/mol. The number of ketones is 1. The summed E-state index contributed by atoms with van der Waals surface area (Å²) in [6, 6.07) is 0. The van der Waals surface area contributed by atoms with E-state index in [-0.39, 0.29) is 44.5 Å². The number of Topliss-reactive ketones (excluding diaryl/α,β-unsaturated/α-hetero) is 1. The molecular weight excluding hydrogens is 495 g/mol. The molecule has 6 heteroatoms. The van der Waals surface area contributed by atoms with Gasteiger partial charge in [0.15, 0.2) is 0 Å². The molecule has 0 aromatic carbocycles. The topological polar surface area (TPSA) is 76.1 Å². The lowest BCUT2D eigenvalue weighted by molar-refractivity contribution is -0.163. The van der Waals surface area contributed by atoms with E-state index in [0.717, 1.165) is 32.1 Å². The summed E-state index contributed by atoms with van der Waals surface area (Å²) in [7, 11) is 0. The number of carbonyl (C=O) groups is 2. The van der Waals surface area contributed by atoms with Gasteiger partial charge in [0.05, 0.1) is 14.9 Å². The van der Waals surface area contributed by atoms with E-state index in [4.69, 9.17) is 9.47 Å². The highest BCUT2D eigenvalue weighted by Crippen LogP contribution is 2.76. The Morgan fingerprint density at radius 3 is 2.70 bits per heavy atom. The van der Waals surface area contributed by atoms with Crippen LogP contribution in [0.25, 0.3) is 0 Å². The second-order valence-electron chi connectivity index (χ2n) is 12.3. The quantitative estimate of drug-likeness (QED) is 0.243. The summed E-state index contributed by atoms with van der Waals surface area (Å²) >= 11 is 2.65. The van der Waals surface area contributed by atoms with Gasteiger partial charge < -0.3 is 14.6 Å². The Morgan fingerprint density at radius 1 is 1.27 bits per heavy atom. The van der Waals surface area contributed by atoms with Crippen molar-refractivity contribution in [3.05, 3.63) is 0 Å². The van der Waals surface area contributed by atoms with Crippen LogP contribution in [0.3, 0.4) is 0 Å². The lowest BCUT2D eigenvalue weighted by Gasteiger charge is -2.58. The molecule has 6 fully saturated rings. The van der Waals surface area contributed by atoms with Crippen LogP contribution in [-0.2, 0) is 19.1 Å². The van der Waals surface area contributed by atoms with Gasteiger partial charge in [-0.25, -0.2) is 0 Å². The largest absolute Gasteiger partial charge is 0.462 e. The van der Waals surface area contributed by atoms with Gasteiger partial charge in [-0.15, -0.1) is 0 Å². The van der Waals surface area contributed by atoms with Crippen molar-refractivity contribution in [1.29, 1.82) is 0 Å². The Hall–Kier alpha value is -0.210. The fraction of sp³-hybridized carbons (Fsp3) is 0.917. The maximum Gasteiger partial charge on any atom is 0.311 e. The van der Waals surface area contributed by atoms with Crippen LogP contribution in [0.15, 0.2) is 0 Å². The lowest BCUT2D eigenvalue weighted by Crippen LogP contribution is -2.65. The third-order valence-electron chi connectivity index (χ3n) is 9.77. The Labute approximate surface area is 192 Å². The van der Waals surface area contributed by atoms with Crippen molar-refractivity contribution >= 4 is 34.3 Å². The van der Waals surface area contributed by atoms with Crippen LogP contribution < -0.4 is 0 Å². The third kappa shape index (κ3) is 2.32. The Kier molecular flexibility index (Phi) is 3.96. The molecule has 1 N–H and O–H groups in total. The number of epoxide rings is 1. The van der Waals surface area contributed by atoms with Gasteiger partial charge in [0, 0.05) is 17.8 Å². The maximum absolute atomic E-state index is 13.0. The van der Waals surface area contributed by atoms with E-state index in [1.54, 1.807) is 0 Å². The van der Waals surface area contributed by atoms with Crippen LogP contribution in [0.2, 0.25) is 0 Å². The SMILES string of the molecule is CC(C)(C)C(=O)O[C@H]1CC[C@]2(I)C3CC[C@]4(C)C(=O)[C@H]5C[C@H]5C4C3[C@@H](O)[C@H]3O[C@]32C1. The van der Waals surface area contributed by atoms with Crippen molar-refractivity contribution in [2.45, 2.75) is 93.6 Å². The minimum absolute atomic E-state index is 0.0404. The standard InChI is InChI=1S/C24H33IO5/c1-21(2,3)20(28)29-11-5-8-23(25)14-6-7-22(4)16(12-9-13(12)18(22)27)15(14)17(26)19-24(23,10-11)30-19/h11-17,19,26H,5-10H2,1-4H3/t11-,12+,13-,14?,15?,16?,17+,19+,22-,23-,24+/m0/s1. The first kappa shape index (κ1) is 20.4. The van der Waals surface area contributed by atoms with Crippen LogP contribution in [0.5, 0.6) is 0 Å². The number of hydrogen-bond donors (Lipinski definition) is 1. The molecule has 1 saturated heterocycles. The summed E-state index contributed by atoms with van der Waals surface area (Å²) in [4.78, 5) is 25.5. The molecule has 0 aromatic rings. The van der Waals surface area contributed by atoms with E-state index < -0.39 is 11.5 Å². The summed E-state index contributed by atoms with van der Waals surface area (Å²) in [5.74, 6) is 1.91. The second-order valence-corrected chi connectivity index (χ2v) is 14.3. The lowest BCUT2D eigenvalue weighted by atomic mass is 9.48. The van der Waals surface area contributed by atoms with Crippen molar-refractivity contribution in [1.82, 2.24) is 0 Å². The van der Waals surface area contributed by atoms with Crippen molar-refractivity contribution < 1.29 is 24.2 Å². The van der Waals surface area contributed by atoms with E-state index >= 15 is 0 Å². The van der Waals surface area contributed by atoms with Gasteiger partial charge in [-0.3, -0.25) is 9.59 Å². The predicted molar refractivity (Wildman–Crippen MR) is 118 cm³/mol. The zero-order valence-corrected chi connectivity index (χ0v) is 20.5. The van der Waals surface area contributed by atoms with E-state index in [9.17, 15) is 14.7 Å². The number of fused-ring (bicyclic) bond motifs is 6. The summed E-state index contributed by atoms with van der Waals surface area (Å²) < 4.78 is 12.2. The van der Waals surface area contributed by atoms with Gasteiger partial charge in [0.25, 0.3) is 0 Å². The van der Waals surface area contributed by atoms with Crippen molar-refractivity contribution in [3.8, 4) is 0 Å². The molecule has 1 aliphatic heterocycles. The first-order valence-corrected chi connectivity index (χ1v) is 12.8. The number of alkyl halides is 1. The number of rotatable bonds is 1. The van der Waals surface area contributed by atoms with E-state index in [1.807, 2.05) is 20.8 Å². The molecule has 0 bridgehead atoms. The summed E-state index contributed by atoms with van der Waals surface area (Å²) in [6.07, 6.45) is 4.65. The Bertz CT molecular complexity index is 836. The van der Waals surface area contributed by atoms with Gasteiger partial charge in [0.1, 0.15) is 23.6 Å². The molecule has 1 heterocycles. The molecule has 166 valence electrons. The molecule has 11 atom stereocenters. The maximum atomic E-state index is 13.0. The fourth-order valence-corrected chi connectivity index (χ4v) is 9.91. The predicted octanol–water partition coefficient (Wildman–Crippen LogP) is 3.68. The minimum Gasteiger partial charge on any atom is -0.462 e. The monoisotopic (exact) mass is 528 g/mol. The van der Waals surface area contributed by atoms with Gasteiger partial charge in [-0.2, -0.15) is 0 Å². The van der Waals surface area contributed by atoms with E-state index in [2.05, 4.69) is 29.5 Å². The summed E-state index contributed by atoms with van der Waals surface area (Å²) in [5, 5.41) is 11.5. The smallest absolute Gasteiger partial charge is 0.311 e. The van der Waals surface area contributed by atoms with Crippen molar-refractivity contribution in [2.24, 2.45) is 40.4 Å². The van der Waals surface area contributed by atoms with Gasteiger partial charge in [0.2, 0.25) is 0 Å². The zero-order chi connectivity index (χ0) is 21.4. The second kappa shape index (κ2) is 5.82. The Balaban J connectivity index is 1.29. The normalized spacial score (nSPS) is 58.0. The van der Waals surface area contributed by atoms with Gasteiger partial charge in [-0.05, 0) is 76.5 Å². The molecule has 5 saturated carbocycles. The first-order chi connectivity index (χ1) is 13.9. The summed E-state index contributed by atoms with van der Waals surface area (Å²) in [5.41, 5.74) is -1.13. The van der Waals surface area contributed by atoms with E-state index in [1.165, 1.54) is 0 Å². The average Bonchev–Trinajstić information content (AvgIpc) is 3.56. The van der Waals surface area contributed by atoms with Crippen LogP contribution >= 0.6 is 22.6 Å². The zero-order valence-electron chi connectivity index (χ0n) is 18.3. The minimum atomic E-state index is -0.513.